The molecule has 0 aliphatic carbocycles. The third-order valence-corrected chi connectivity index (χ3v) is 2.90. The van der Waals surface area contributed by atoms with Crippen LogP contribution in [0.25, 0.3) is 0 Å². The van der Waals surface area contributed by atoms with Gasteiger partial charge in [-0.1, -0.05) is 13.8 Å². The van der Waals surface area contributed by atoms with Crippen molar-refractivity contribution < 1.29 is 14.2 Å². The van der Waals surface area contributed by atoms with E-state index in [1.807, 2.05) is 13.8 Å². The molecule has 2 heterocycles. The number of ether oxygens (including phenoxy) is 3. The topological polar surface area (TPSA) is 27.7 Å². The first-order valence-corrected chi connectivity index (χ1v) is 5.04. The maximum Gasteiger partial charge on any atom is 0.187 e. The molecule has 0 N–H and O–H groups in total. The second-order valence-corrected chi connectivity index (χ2v) is 4.41. The molecule has 0 aromatic heterocycles. The molecule has 2 saturated heterocycles. The molecule has 3 nitrogen and oxygen atoms in total. The van der Waals surface area contributed by atoms with Crippen LogP contribution in [-0.2, 0) is 14.2 Å². The van der Waals surface area contributed by atoms with Gasteiger partial charge in [0.05, 0.1) is 6.10 Å². The zero-order valence-corrected chi connectivity index (χ0v) is 8.74. The van der Waals surface area contributed by atoms with Gasteiger partial charge in [-0.05, 0) is 20.3 Å². The molecule has 0 bridgehead atoms. The molecule has 13 heavy (non-hydrogen) atoms. The molecule has 2 aliphatic heterocycles. The summed E-state index contributed by atoms with van der Waals surface area (Å²) in [6.07, 6.45) is 1.31. The lowest BCUT2D eigenvalue weighted by atomic mass is 9.99. The van der Waals surface area contributed by atoms with Crippen molar-refractivity contribution in [3.05, 3.63) is 0 Å². The Kier molecular flexibility index (Phi) is 2.13. The van der Waals surface area contributed by atoms with Crippen LogP contribution in [0.3, 0.4) is 0 Å². The van der Waals surface area contributed by atoms with Crippen molar-refractivity contribution in [3.63, 3.8) is 0 Å². The van der Waals surface area contributed by atoms with Crippen LogP contribution in [0.1, 0.15) is 34.1 Å². The van der Waals surface area contributed by atoms with Gasteiger partial charge in [-0.25, -0.2) is 0 Å². The fourth-order valence-electron chi connectivity index (χ4n) is 2.19. The van der Waals surface area contributed by atoms with Gasteiger partial charge in [-0.2, -0.15) is 0 Å². The van der Waals surface area contributed by atoms with E-state index in [0.29, 0.717) is 12.0 Å². The quantitative estimate of drug-likeness (QED) is 0.626. The molecule has 2 fully saturated rings. The first-order chi connectivity index (χ1) is 6.03. The van der Waals surface area contributed by atoms with E-state index in [4.69, 9.17) is 14.2 Å². The van der Waals surface area contributed by atoms with Crippen LogP contribution < -0.4 is 0 Å². The average Bonchev–Trinajstić information content (AvgIpc) is 2.47. The fraction of sp³-hybridized carbons (Fsp3) is 1.00. The first-order valence-electron chi connectivity index (χ1n) is 5.04. The van der Waals surface area contributed by atoms with Gasteiger partial charge in [0.15, 0.2) is 12.1 Å². The van der Waals surface area contributed by atoms with Crippen molar-refractivity contribution in [1.82, 2.24) is 0 Å². The van der Waals surface area contributed by atoms with E-state index < -0.39 is 5.79 Å². The highest BCUT2D eigenvalue weighted by Crippen LogP contribution is 2.41. The summed E-state index contributed by atoms with van der Waals surface area (Å²) in [5.74, 6) is -0.0285. The maximum absolute atomic E-state index is 5.77. The fourth-order valence-corrected chi connectivity index (χ4v) is 2.19. The Morgan fingerprint density at radius 2 is 1.92 bits per heavy atom. The summed E-state index contributed by atoms with van der Waals surface area (Å²) >= 11 is 0. The normalized spacial score (nSPS) is 48.0. The van der Waals surface area contributed by atoms with Gasteiger partial charge in [0.2, 0.25) is 0 Å². The molecule has 4 atom stereocenters. The van der Waals surface area contributed by atoms with Crippen LogP contribution in [-0.4, -0.2) is 24.3 Å². The molecular weight excluding hydrogens is 168 g/mol. The molecule has 2 rings (SSSR count). The van der Waals surface area contributed by atoms with E-state index in [2.05, 4.69) is 13.8 Å². The van der Waals surface area contributed by atoms with Gasteiger partial charge in [0, 0.05) is 5.92 Å². The lowest BCUT2D eigenvalue weighted by Crippen LogP contribution is -2.28. The van der Waals surface area contributed by atoms with Gasteiger partial charge in [0.25, 0.3) is 0 Å². The molecule has 0 amide bonds. The Bertz CT molecular complexity index is 202. The molecule has 0 saturated carbocycles. The zero-order chi connectivity index (χ0) is 9.64. The van der Waals surface area contributed by atoms with Gasteiger partial charge in [0.1, 0.15) is 6.10 Å². The Balaban J connectivity index is 2.07. The van der Waals surface area contributed by atoms with Crippen molar-refractivity contribution in [2.45, 2.75) is 58.4 Å². The number of hydrogen-bond donors (Lipinski definition) is 0. The van der Waals surface area contributed by atoms with Gasteiger partial charge in [-0.3, -0.25) is 0 Å². The zero-order valence-electron chi connectivity index (χ0n) is 8.74. The molecule has 1 unspecified atom stereocenters. The molecule has 2 aliphatic rings. The molecule has 76 valence electrons. The summed E-state index contributed by atoms with van der Waals surface area (Å²) in [6.45, 7) is 8.17. The van der Waals surface area contributed by atoms with E-state index in [1.54, 1.807) is 0 Å². The summed E-state index contributed by atoms with van der Waals surface area (Å²) in [6, 6.07) is 0. The molecular formula is C10H18O3. The van der Waals surface area contributed by atoms with Crippen molar-refractivity contribution in [2.24, 2.45) is 5.92 Å². The Morgan fingerprint density at radius 1 is 1.23 bits per heavy atom. The largest absolute Gasteiger partial charge is 0.346 e. The Hall–Kier alpha value is -0.120. The molecule has 0 aromatic rings. The minimum absolute atomic E-state index is 0.125. The van der Waals surface area contributed by atoms with Crippen molar-refractivity contribution in [2.75, 3.05) is 0 Å². The van der Waals surface area contributed by atoms with Crippen LogP contribution in [0.15, 0.2) is 0 Å². The predicted molar refractivity (Wildman–Crippen MR) is 48.2 cm³/mol. The SMILES string of the molecule is CC[C@H]1O[C@H]2OC(C)(C)OC2[C@H]1C. The summed E-state index contributed by atoms with van der Waals surface area (Å²) < 4.78 is 17.1. The van der Waals surface area contributed by atoms with Crippen molar-refractivity contribution >= 4 is 0 Å². The van der Waals surface area contributed by atoms with Gasteiger partial charge < -0.3 is 14.2 Å². The lowest BCUT2D eigenvalue weighted by molar-refractivity contribution is -0.209. The highest BCUT2D eigenvalue weighted by atomic mass is 16.8. The van der Waals surface area contributed by atoms with Gasteiger partial charge >= 0.3 is 0 Å². The minimum Gasteiger partial charge on any atom is -0.346 e. The molecule has 0 aromatic carbocycles. The Labute approximate surface area is 79.4 Å². The standard InChI is InChI=1S/C10H18O3/c1-5-7-6(2)8-9(11-7)13-10(3,4)12-8/h6-9H,5H2,1-4H3/t6-,7+,8?,9-/m0/s1. The third-order valence-electron chi connectivity index (χ3n) is 2.90. The third kappa shape index (κ3) is 1.49. The minimum atomic E-state index is -0.470. The predicted octanol–water partition coefficient (Wildman–Crippen LogP) is 1.91. The smallest absolute Gasteiger partial charge is 0.187 e. The van der Waals surface area contributed by atoms with E-state index >= 15 is 0 Å². The van der Waals surface area contributed by atoms with E-state index in [1.165, 1.54) is 0 Å². The van der Waals surface area contributed by atoms with Crippen LogP contribution in [0, 0.1) is 5.92 Å². The van der Waals surface area contributed by atoms with Gasteiger partial charge in [-0.15, -0.1) is 0 Å². The van der Waals surface area contributed by atoms with Crippen molar-refractivity contribution in [1.29, 1.82) is 0 Å². The lowest BCUT2D eigenvalue weighted by Gasteiger charge is -2.22. The van der Waals surface area contributed by atoms with E-state index in [-0.39, 0.29) is 12.4 Å². The second kappa shape index (κ2) is 2.94. The van der Waals surface area contributed by atoms with Crippen LogP contribution in [0.2, 0.25) is 0 Å². The van der Waals surface area contributed by atoms with Crippen LogP contribution >= 0.6 is 0 Å². The summed E-state index contributed by atoms with van der Waals surface area (Å²) in [5.41, 5.74) is 0. The van der Waals surface area contributed by atoms with Crippen LogP contribution in [0.4, 0.5) is 0 Å². The summed E-state index contributed by atoms with van der Waals surface area (Å²) in [7, 11) is 0. The highest BCUT2D eigenvalue weighted by Gasteiger charge is 2.52. The molecule has 0 spiro atoms. The first kappa shape index (κ1) is 9.44. The molecule has 3 heteroatoms. The maximum atomic E-state index is 5.77. The van der Waals surface area contributed by atoms with E-state index in [0.717, 1.165) is 6.42 Å². The Morgan fingerprint density at radius 3 is 2.46 bits per heavy atom. The second-order valence-electron chi connectivity index (χ2n) is 4.41. The van der Waals surface area contributed by atoms with E-state index in [9.17, 15) is 0 Å². The average molecular weight is 186 g/mol. The van der Waals surface area contributed by atoms with Crippen molar-refractivity contribution in [3.8, 4) is 0 Å². The monoisotopic (exact) mass is 186 g/mol. The summed E-state index contributed by atoms with van der Waals surface area (Å²) in [5, 5.41) is 0. The number of fused-ring (bicyclic) bond motifs is 1. The summed E-state index contributed by atoms with van der Waals surface area (Å²) in [4.78, 5) is 0. The number of rotatable bonds is 1. The van der Waals surface area contributed by atoms with Crippen LogP contribution in [0.5, 0.6) is 0 Å². The highest BCUT2D eigenvalue weighted by molar-refractivity contribution is 4.89. The number of hydrogen-bond acceptors (Lipinski definition) is 3. The molecule has 0 radical (unpaired) electrons.